The van der Waals surface area contributed by atoms with Crippen molar-refractivity contribution in [3.63, 3.8) is 0 Å². The van der Waals surface area contributed by atoms with Gasteiger partial charge in [0.15, 0.2) is 0 Å². The Morgan fingerprint density at radius 3 is 1.95 bits per heavy atom. The number of anilines is 3. The molecule has 0 radical (unpaired) electrons. The van der Waals surface area contributed by atoms with E-state index in [1.165, 1.54) is 23.9 Å². The number of hydrogen-bond acceptors (Lipinski definition) is 5. The molecule has 7 nitrogen and oxygen atoms in total. The van der Waals surface area contributed by atoms with E-state index in [1.807, 2.05) is 6.07 Å². The monoisotopic (exact) mass is 551 g/mol. The van der Waals surface area contributed by atoms with Gasteiger partial charge in [-0.15, -0.1) is 0 Å². The van der Waals surface area contributed by atoms with Gasteiger partial charge in [-0.2, -0.15) is 13.2 Å². The van der Waals surface area contributed by atoms with Crippen LogP contribution in [0.4, 0.5) is 35.0 Å². The molecular weight excluding hydrogens is 531 g/mol. The van der Waals surface area contributed by atoms with Gasteiger partial charge in [-0.05, 0) is 61.5 Å². The molecule has 0 saturated carbocycles. The van der Waals surface area contributed by atoms with Crippen LogP contribution < -0.4 is 16.0 Å². The lowest BCUT2D eigenvalue weighted by molar-refractivity contribution is -0.253. The van der Waals surface area contributed by atoms with Gasteiger partial charge in [0.1, 0.15) is 0 Å². The molecule has 0 spiro atoms. The summed E-state index contributed by atoms with van der Waals surface area (Å²) < 4.78 is 44.5. The Balaban J connectivity index is 1.63. The van der Waals surface area contributed by atoms with Crippen molar-refractivity contribution in [2.75, 3.05) is 16.0 Å². The number of esters is 1. The summed E-state index contributed by atoms with van der Waals surface area (Å²) in [6.45, 7) is 1.24. The summed E-state index contributed by atoms with van der Waals surface area (Å²) in [5.41, 5.74) is -2.25. The molecule has 3 rings (SSSR count). The average molecular weight is 552 g/mol. The third-order valence-electron chi connectivity index (χ3n) is 4.89. The number of urea groups is 1. The summed E-state index contributed by atoms with van der Waals surface area (Å²) in [5.74, 6) is -2.84. The van der Waals surface area contributed by atoms with Gasteiger partial charge in [0, 0.05) is 28.1 Å². The molecule has 0 aliphatic heterocycles. The number of hydrogen-bond donors (Lipinski definition) is 3. The number of halogens is 4. The minimum Gasteiger partial charge on any atom is -0.439 e. The average Bonchev–Trinajstić information content (AvgIpc) is 2.81. The molecule has 37 heavy (non-hydrogen) atoms. The first-order chi connectivity index (χ1) is 17.4. The Labute approximate surface area is 219 Å². The van der Waals surface area contributed by atoms with Crippen molar-refractivity contribution in [3.05, 3.63) is 77.8 Å². The van der Waals surface area contributed by atoms with Crippen LogP contribution in [0.15, 0.2) is 82.6 Å². The van der Waals surface area contributed by atoms with Gasteiger partial charge in [0.25, 0.3) is 11.5 Å². The van der Waals surface area contributed by atoms with Crippen molar-refractivity contribution in [2.24, 2.45) is 0 Å². The van der Waals surface area contributed by atoms with Gasteiger partial charge in [-0.3, -0.25) is 9.59 Å². The van der Waals surface area contributed by atoms with E-state index < -0.39 is 29.7 Å². The van der Waals surface area contributed by atoms with Gasteiger partial charge in [-0.25, -0.2) is 4.79 Å². The van der Waals surface area contributed by atoms with Crippen molar-refractivity contribution >= 4 is 58.3 Å². The summed E-state index contributed by atoms with van der Waals surface area (Å²) in [4.78, 5) is 37.0. The molecule has 0 saturated heterocycles. The van der Waals surface area contributed by atoms with E-state index in [4.69, 9.17) is 11.6 Å². The van der Waals surface area contributed by atoms with Crippen molar-refractivity contribution in [1.82, 2.24) is 0 Å². The van der Waals surface area contributed by atoms with Crippen LogP contribution in [0.2, 0.25) is 5.02 Å². The lowest BCUT2D eigenvalue weighted by Gasteiger charge is -2.29. The lowest BCUT2D eigenvalue weighted by atomic mass is 10.0. The van der Waals surface area contributed by atoms with Crippen LogP contribution in [0.5, 0.6) is 0 Å². The second kappa shape index (κ2) is 11.6. The maximum atomic E-state index is 13.4. The number of carbonyl (C=O) groups excluding carboxylic acids is 3. The second-order valence-corrected chi connectivity index (χ2v) is 9.35. The van der Waals surface area contributed by atoms with E-state index in [-0.39, 0.29) is 10.7 Å². The van der Waals surface area contributed by atoms with Crippen LogP contribution in [-0.4, -0.2) is 29.7 Å². The topological polar surface area (TPSA) is 96.5 Å². The molecule has 1 atom stereocenters. The number of amides is 3. The zero-order chi connectivity index (χ0) is 27.2. The van der Waals surface area contributed by atoms with Gasteiger partial charge in [-0.1, -0.05) is 41.6 Å². The molecule has 0 aliphatic carbocycles. The van der Waals surface area contributed by atoms with Crippen molar-refractivity contribution < 1.29 is 32.3 Å². The number of para-hydroxylation sites is 1. The maximum Gasteiger partial charge on any atom is 0.437 e. The standard InChI is InChI=1S/C25H21ClF3N3O4S/c1-15(33)36-24(2,25(27,28)29)22(34)32-21-13-12-19(14-20(21)26)37-18-10-8-17(9-11-18)31-23(35)30-16-6-4-3-5-7-16/h3-14H,1-2H3,(H,32,34)(H2,30,31,35). The Morgan fingerprint density at radius 1 is 0.838 bits per heavy atom. The third kappa shape index (κ3) is 7.40. The number of nitrogens with one attached hydrogen (secondary N) is 3. The zero-order valence-electron chi connectivity index (χ0n) is 19.5. The first kappa shape index (κ1) is 27.9. The molecule has 0 aromatic heterocycles. The van der Waals surface area contributed by atoms with Crippen LogP contribution in [0, 0.1) is 0 Å². The molecule has 3 aromatic carbocycles. The SMILES string of the molecule is CC(=O)OC(C)(C(=O)Nc1ccc(Sc2ccc(NC(=O)Nc3ccccc3)cc2)cc1Cl)C(F)(F)F. The molecule has 12 heteroatoms. The van der Waals surface area contributed by atoms with Crippen LogP contribution in [0.3, 0.4) is 0 Å². The van der Waals surface area contributed by atoms with Crippen LogP contribution in [-0.2, 0) is 14.3 Å². The van der Waals surface area contributed by atoms with Crippen LogP contribution >= 0.6 is 23.4 Å². The second-order valence-electron chi connectivity index (χ2n) is 7.79. The van der Waals surface area contributed by atoms with E-state index in [0.717, 1.165) is 11.8 Å². The summed E-state index contributed by atoms with van der Waals surface area (Å²) >= 11 is 7.49. The number of benzene rings is 3. The highest BCUT2D eigenvalue weighted by Gasteiger charge is 2.60. The quantitative estimate of drug-likeness (QED) is 0.276. The highest BCUT2D eigenvalue weighted by molar-refractivity contribution is 7.99. The maximum absolute atomic E-state index is 13.4. The third-order valence-corrected chi connectivity index (χ3v) is 6.20. The molecular formula is C25H21ClF3N3O4S. The Kier molecular flexibility index (Phi) is 8.72. The fourth-order valence-corrected chi connectivity index (χ4v) is 4.13. The largest absolute Gasteiger partial charge is 0.439 e. The zero-order valence-corrected chi connectivity index (χ0v) is 21.1. The Bertz CT molecular complexity index is 1290. The number of carbonyl (C=O) groups is 3. The normalized spacial score (nSPS) is 12.7. The van der Waals surface area contributed by atoms with Crippen molar-refractivity contribution in [1.29, 1.82) is 0 Å². The van der Waals surface area contributed by atoms with Gasteiger partial charge < -0.3 is 20.7 Å². The smallest absolute Gasteiger partial charge is 0.437 e. The summed E-state index contributed by atoms with van der Waals surface area (Å²) in [6.07, 6.45) is -5.14. The lowest BCUT2D eigenvalue weighted by Crippen LogP contribution is -2.55. The van der Waals surface area contributed by atoms with Crippen LogP contribution in [0.25, 0.3) is 0 Å². The van der Waals surface area contributed by atoms with Gasteiger partial charge in [0.2, 0.25) is 0 Å². The number of rotatable bonds is 7. The van der Waals surface area contributed by atoms with E-state index in [0.29, 0.717) is 23.2 Å². The number of alkyl halides is 3. The highest BCUT2D eigenvalue weighted by Crippen LogP contribution is 2.37. The molecule has 194 valence electrons. The van der Waals surface area contributed by atoms with E-state index in [9.17, 15) is 27.6 Å². The summed E-state index contributed by atoms with van der Waals surface area (Å²) in [7, 11) is 0. The predicted molar refractivity (Wildman–Crippen MR) is 136 cm³/mol. The molecule has 0 heterocycles. The van der Waals surface area contributed by atoms with Gasteiger partial charge >= 0.3 is 18.2 Å². The van der Waals surface area contributed by atoms with Crippen LogP contribution in [0.1, 0.15) is 13.8 Å². The first-order valence-corrected chi connectivity index (χ1v) is 11.8. The summed E-state index contributed by atoms with van der Waals surface area (Å²) in [5, 5.41) is 7.49. The van der Waals surface area contributed by atoms with E-state index in [2.05, 4.69) is 20.7 Å². The molecule has 3 aromatic rings. The molecule has 0 aliphatic rings. The van der Waals surface area contributed by atoms with E-state index in [1.54, 1.807) is 54.6 Å². The van der Waals surface area contributed by atoms with Crippen molar-refractivity contribution in [3.8, 4) is 0 Å². The fourth-order valence-electron chi connectivity index (χ4n) is 2.98. The molecule has 0 bridgehead atoms. The van der Waals surface area contributed by atoms with E-state index >= 15 is 0 Å². The predicted octanol–water partition coefficient (Wildman–Crippen LogP) is 6.96. The van der Waals surface area contributed by atoms with Crippen molar-refractivity contribution in [2.45, 2.75) is 35.4 Å². The highest BCUT2D eigenvalue weighted by atomic mass is 35.5. The molecule has 3 N–H and O–H groups in total. The molecule has 3 amide bonds. The molecule has 0 fully saturated rings. The minimum atomic E-state index is -5.14. The molecule has 1 unspecified atom stereocenters. The Morgan fingerprint density at radius 2 is 1.41 bits per heavy atom. The fraction of sp³-hybridized carbons (Fsp3) is 0.160. The summed E-state index contributed by atoms with van der Waals surface area (Å²) in [6, 6.07) is 19.9. The van der Waals surface area contributed by atoms with Gasteiger partial charge in [0.05, 0.1) is 10.7 Å². The minimum absolute atomic E-state index is 0.0124. The Hall–Kier alpha value is -3.70. The number of ether oxygens (including phenoxy) is 1. The first-order valence-electron chi connectivity index (χ1n) is 10.7.